The van der Waals surface area contributed by atoms with E-state index in [4.69, 9.17) is 0 Å². The third kappa shape index (κ3) is 4.61. The molecule has 6 heteroatoms. The third-order valence-corrected chi connectivity index (χ3v) is 2.31. The van der Waals surface area contributed by atoms with Crippen LogP contribution >= 0.6 is 31.9 Å². The molecule has 76 valence electrons. The van der Waals surface area contributed by atoms with E-state index in [1.165, 1.54) is 4.90 Å². The Hall–Kier alpha value is -0.100. The summed E-state index contributed by atoms with van der Waals surface area (Å²) in [6, 6.07) is -0.362. The van der Waals surface area contributed by atoms with Gasteiger partial charge in [0.05, 0.1) is 0 Å². The van der Waals surface area contributed by atoms with E-state index in [0.29, 0.717) is 13.1 Å². The molecule has 0 aromatic rings. The van der Waals surface area contributed by atoms with Crippen molar-refractivity contribution in [3.63, 3.8) is 0 Å². The quantitative estimate of drug-likeness (QED) is 0.806. The summed E-state index contributed by atoms with van der Waals surface area (Å²) in [5.41, 5.74) is 0. The highest BCUT2D eigenvalue weighted by Crippen LogP contribution is 2.07. The van der Waals surface area contributed by atoms with Gasteiger partial charge in [0, 0.05) is 13.1 Å². The van der Waals surface area contributed by atoms with Crippen LogP contribution in [0.2, 0.25) is 0 Å². The number of halogens is 2. The maximum Gasteiger partial charge on any atom is 0.324 e. The lowest BCUT2D eigenvalue weighted by atomic mass is 10.5. The molecule has 13 heavy (non-hydrogen) atoms. The first-order valence-electron chi connectivity index (χ1n) is 3.90. The normalized spacial score (nSPS) is 9.92. The van der Waals surface area contributed by atoms with Gasteiger partial charge in [-0.05, 0) is 13.8 Å². The van der Waals surface area contributed by atoms with Crippen molar-refractivity contribution in [2.45, 2.75) is 17.6 Å². The van der Waals surface area contributed by atoms with Gasteiger partial charge in [-0.15, -0.1) is 0 Å². The van der Waals surface area contributed by atoms with Crippen LogP contribution in [0.3, 0.4) is 0 Å². The molecule has 4 nitrogen and oxygen atoms in total. The molecule has 0 saturated heterocycles. The Morgan fingerprint density at radius 1 is 1.31 bits per heavy atom. The molecule has 0 atom stereocenters. The molecule has 1 N–H and O–H groups in total. The average Bonchev–Trinajstić information content (AvgIpc) is 2.06. The zero-order valence-corrected chi connectivity index (χ0v) is 10.7. The Morgan fingerprint density at radius 3 is 2.08 bits per heavy atom. The van der Waals surface area contributed by atoms with Gasteiger partial charge in [-0.2, -0.15) is 0 Å². The van der Waals surface area contributed by atoms with E-state index in [-0.39, 0.29) is 6.03 Å². The number of rotatable bonds is 3. The van der Waals surface area contributed by atoms with Gasteiger partial charge in [-0.25, -0.2) is 4.79 Å². The highest BCUT2D eigenvalue weighted by Gasteiger charge is 2.16. The Kier molecular flexibility index (Phi) is 6.32. The van der Waals surface area contributed by atoms with Gasteiger partial charge in [0.25, 0.3) is 5.91 Å². The van der Waals surface area contributed by atoms with Gasteiger partial charge >= 0.3 is 6.03 Å². The van der Waals surface area contributed by atoms with Crippen LogP contribution in [-0.4, -0.2) is 33.7 Å². The van der Waals surface area contributed by atoms with E-state index in [1.807, 2.05) is 13.8 Å². The minimum Gasteiger partial charge on any atom is -0.325 e. The van der Waals surface area contributed by atoms with E-state index in [1.54, 1.807) is 0 Å². The second-order valence-corrected chi connectivity index (χ2v) is 5.33. The SMILES string of the molecule is CCN(CC)C(=O)NC(=O)C(Br)Br. The molecule has 0 rings (SSSR count). The summed E-state index contributed by atoms with van der Waals surface area (Å²) >= 11 is 5.99. The molecule has 0 radical (unpaired) electrons. The number of urea groups is 1. The summed E-state index contributed by atoms with van der Waals surface area (Å²) in [5, 5.41) is 2.24. The summed E-state index contributed by atoms with van der Waals surface area (Å²) < 4.78 is -0.528. The second-order valence-electron chi connectivity index (χ2n) is 2.27. The van der Waals surface area contributed by atoms with E-state index in [9.17, 15) is 9.59 Å². The predicted molar refractivity (Wildman–Crippen MR) is 58.1 cm³/mol. The van der Waals surface area contributed by atoms with Crippen LogP contribution in [0.5, 0.6) is 0 Å². The van der Waals surface area contributed by atoms with Crippen molar-refractivity contribution < 1.29 is 9.59 Å². The number of amides is 3. The number of alkyl halides is 2. The van der Waals surface area contributed by atoms with Crippen molar-refractivity contribution >= 4 is 43.8 Å². The Morgan fingerprint density at radius 2 is 1.77 bits per heavy atom. The highest BCUT2D eigenvalue weighted by molar-refractivity contribution is 9.25. The predicted octanol–water partition coefficient (Wildman–Crippen LogP) is 1.68. The van der Waals surface area contributed by atoms with E-state index >= 15 is 0 Å². The molecule has 0 aromatic carbocycles. The van der Waals surface area contributed by atoms with Crippen LogP contribution in [0.15, 0.2) is 0 Å². The molecule has 0 unspecified atom stereocenters. The molecule has 0 heterocycles. The van der Waals surface area contributed by atoms with Crippen molar-refractivity contribution in [2.24, 2.45) is 0 Å². The number of hydrogen-bond donors (Lipinski definition) is 1. The fourth-order valence-corrected chi connectivity index (χ4v) is 0.979. The lowest BCUT2D eigenvalue weighted by Crippen LogP contribution is -2.44. The van der Waals surface area contributed by atoms with Crippen molar-refractivity contribution in [3.05, 3.63) is 0 Å². The molecule has 0 fully saturated rings. The first-order chi connectivity index (χ1) is 6.02. The lowest BCUT2D eigenvalue weighted by molar-refractivity contribution is -0.118. The first-order valence-corrected chi connectivity index (χ1v) is 5.73. The Bertz CT molecular complexity index is 193. The van der Waals surface area contributed by atoms with Gasteiger partial charge in [-0.3, -0.25) is 10.1 Å². The standard InChI is InChI=1S/C7H12Br2N2O2/c1-3-11(4-2)7(13)10-6(12)5(8)9/h5H,3-4H2,1-2H3,(H,10,12,13). The largest absolute Gasteiger partial charge is 0.325 e. The van der Waals surface area contributed by atoms with Crippen LogP contribution < -0.4 is 5.32 Å². The lowest BCUT2D eigenvalue weighted by Gasteiger charge is -2.18. The number of hydrogen-bond acceptors (Lipinski definition) is 2. The summed E-state index contributed by atoms with van der Waals surface area (Å²) in [5.74, 6) is -0.392. The smallest absolute Gasteiger partial charge is 0.324 e. The molecular weight excluding hydrogens is 304 g/mol. The fourth-order valence-electron chi connectivity index (χ4n) is 0.750. The molecule has 0 bridgehead atoms. The van der Waals surface area contributed by atoms with Crippen molar-refractivity contribution in [3.8, 4) is 0 Å². The van der Waals surface area contributed by atoms with Crippen LogP contribution in [0, 0.1) is 0 Å². The van der Waals surface area contributed by atoms with Crippen LogP contribution in [0.1, 0.15) is 13.8 Å². The molecule has 0 saturated carbocycles. The van der Waals surface area contributed by atoms with E-state index < -0.39 is 9.64 Å². The minimum absolute atomic E-state index is 0.362. The van der Waals surface area contributed by atoms with Crippen LogP contribution in [0.4, 0.5) is 4.79 Å². The molecule has 0 aliphatic heterocycles. The third-order valence-electron chi connectivity index (χ3n) is 1.48. The molecule has 3 amide bonds. The molecular formula is C7H12Br2N2O2. The summed E-state index contributed by atoms with van der Waals surface area (Å²) in [4.78, 5) is 23.8. The van der Waals surface area contributed by atoms with Gasteiger partial charge < -0.3 is 4.90 Å². The number of nitrogens with one attached hydrogen (secondary N) is 1. The molecule has 0 aliphatic rings. The van der Waals surface area contributed by atoms with Crippen LogP contribution in [0.25, 0.3) is 0 Å². The van der Waals surface area contributed by atoms with Gasteiger partial charge in [-0.1, -0.05) is 31.9 Å². The van der Waals surface area contributed by atoms with Crippen LogP contribution in [-0.2, 0) is 4.79 Å². The van der Waals surface area contributed by atoms with Crippen molar-refractivity contribution in [2.75, 3.05) is 13.1 Å². The Labute approximate surface area is 94.3 Å². The van der Waals surface area contributed by atoms with E-state index in [2.05, 4.69) is 37.2 Å². The summed E-state index contributed by atoms with van der Waals surface area (Å²) in [6.45, 7) is 4.89. The molecule has 0 aromatic heterocycles. The number of nitrogens with zero attached hydrogens (tertiary/aromatic N) is 1. The number of carbonyl (C=O) groups excluding carboxylic acids is 2. The fraction of sp³-hybridized carbons (Fsp3) is 0.714. The van der Waals surface area contributed by atoms with Crippen molar-refractivity contribution in [1.82, 2.24) is 10.2 Å². The average molecular weight is 316 g/mol. The Balaban J connectivity index is 4.06. The monoisotopic (exact) mass is 314 g/mol. The van der Waals surface area contributed by atoms with Gasteiger partial charge in [0.1, 0.15) is 3.74 Å². The first kappa shape index (κ1) is 12.9. The van der Waals surface area contributed by atoms with Crippen molar-refractivity contribution in [1.29, 1.82) is 0 Å². The minimum atomic E-state index is -0.528. The highest BCUT2D eigenvalue weighted by atomic mass is 79.9. The number of imide groups is 1. The number of carbonyl (C=O) groups is 2. The maximum atomic E-state index is 11.3. The zero-order chi connectivity index (χ0) is 10.4. The second kappa shape index (κ2) is 6.37. The molecule has 0 spiro atoms. The van der Waals surface area contributed by atoms with Gasteiger partial charge in [0.15, 0.2) is 0 Å². The summed E-state index contributed by atoms with van der Waals surface area (Å²) in [7, 11) is 0. The zero-order valence-electron chi connectivity index (χ0n) is 7.51. The van der Waals surface area contributed by atoms with Gasteiger partial charge in [0.2, 0.25) is 0 Å². The maximum absolute atomic E-state index is 11.3. The van der Waals surface area contributed by atoms with E-state index in [0.717, 1.165) is 0 Å². The molecule has 0 aliphatic carbocycles. The topological polar surface area (TPSA) is 49.4 Å². The summed E-state index contributed by atoms with van der Waals surface area (Å²) in [6.07, 6.45) is 0.